The van der Waals surface area contributed by atoms with Crippen LogP contribution in [-0.2, 0) is 0 Å². The Balaban J connectivity index is 2.01. The minimum Gasteiger partial charge on any atom is -0.388 e. The summed E-state index contributed by atoms with van der Waals surface area (Å²) in [6.07, 6.45) is 4.31. The fourth-order valence-corrected chi connectivity index (χ4v) is 2.93. The van der Waals surface area contributed by atoms with E-state index in [0.717, 1.165) is 32.5 Å². The molecular weight excluding hydrogens is 176 g/mol. The van der Waals surface area contributed by atoms with Crippen LogP contribution in [0.15, 0.2) is 0 Å². The summed E-state index contributed by atoms with van der Waals surface area (Å²) in [5.74, 6) is 0. The molecule has 0 aromatic heterocycles. The Kier molecular flexibility index (Phi) is 2.82. The minimum atomic E-state index is -0.405. The van der Waals surface area contributed by atoms with Gasteiger partial charge in [0.2, 0.25) is 0 Å². The lowest BCUT2D eigenvalue weighted by molar-refractivity contribution is -0.0671. The smallest absolute Gasteiger partial charge is 0.0826 e. The van der Waals surface area contributed by atoms with Crippen molar-refractivity contribution in [1.82, 2.24) is 9.80 Å². The number of hydrogen-bond donors (Lipinski definition) is 1. The van der Waals surface area contributed by atoms with E-state index in [1.165, 1.54) is 12.8 Å². The van der Waals surface area contributed by atoms with Gasteiger partial charge in [-0.15, -0.1) is 0 Å². The highest BCUT2D eigenvalue weighted by molar-refractivity contribution is 4.98. The third-order valence-electron chi connectivity index (χ3n) is 3.99. The van der Waals surface area contributed by atoms with Crippen LogP contribution in [0.25, 0.3) is 0 Å². The van der Waals surface area contributed by atoms with Gasteiger partial charge in [-0.05, 0) is 46.3 Å². The maximum Gasteiger partial charge on any atom is 0.0826 e. The quantitative estimate of drug-likeness (QED) is 0.666. The molecule has 0 aliphatic carbocycles. The van der Waals surface area contributed by atoms with Crippen LogP contribution in [0.4, 0.5) is 0 Å². The number of hydrogen-bond acceptors (Lipinski definition) is 3. The van der Waals surface area contributed by atoms with Crippen LogP contribution >= 0.6 is 0 Å². The van der Waals surface area contributed by atoms with E-state index in [0.29, 0.717) is 6.04 Å². The summed E-state index contributed by atoms with van der Waals surface area (Å²) < 4.78 is 0. The first kappa shape index (κ1) is 10.4. The monoisotopic (exact) mass is 198 g/mol. The van der Waals surface area contributed by atoms with E-state index >= 15 is 0 Å². The summed E-state index contributed by atoms with van der Waals surface area (Å²) >= 11 is 0. The zero-order chi connectivity index (χ0) is 10.2. The normalized spacial score (nSPS) is 34.9. The molecular formula is C11H22N2O. The third kappa shape index (κ3) is 1.81. The molecule has 2 aliphatic heterocycles. The predicted molar refractivity (Wildman–Crippen MR) is 57.3 cm³/mol. The van der Waals surface area contributed by atoms with Crippen molar-refractivity contribution in [3.8, 4) is 0 Å². The number of rotatable bonds is 1. The number of likely N-dealkylation sites (tertiary alicyclic amines) is 2. The van der Waals surface area contributed by atoms with Crippen molar-refractivity contribution in [3.05, 3.63) is 0 Å². The fourth-order valence-electron chi connectivity index (χ4n) is 2.93. The molecule has 14 heavy (non-hydrogen) atoms. The van der Waals surface area contributed by atoms with Gasteiger partial charge in [0.25, 0.3) is 0 Å². The van der Waals surface area contributed by atoms with Crippen LogP contribution in [-0.4, -0.2) is 60.3 Å². The van der Waals surface area contributed by atoms with Gasteiger partial charge >= 0.3 is 0 Å². The van der Waals surface area contributed by atoms with Gasteiger partial charge in [-0.1, -0.05) is 0 Å². The Morgan fingerprint density at radius 3 is 2.29 bits per heavy atom. The molecule has 1 N–H and O–H groups in total. The highest BCUT2D eigenvalue weighted by Crippen LogP contribution is 2.33. The second-order valence-electron chi connectivity index (χ2n) is 5.05. The van der Waals surface area contributed by atoms with Gasteiger partial charge < -0.3 is 14.9 Å². The molecule has 3 heteroatoms. The van der Waals surface area contributed by atoms with Gasteiger partial charge in [-0.25, -0.2) is 0 Å². The van der Waals surface area contributed by atoms with E-state index in [-0.39, 0.29) is 0 Å². The lowest BCUT2D eigenvalue weighted by atomic mass is 9.83. The number of nitrogens with zero attached hydrogens (tertiary/aromatic N) is 2. The lowest BCUT2D eigenvalue weighted by Gasteiger charge is -2.43. The molecule has 2 fully saturated rings. The standard InChI is InChI=1S/C11H22N2O/c1-12-8-5-11(14,6-9-12)10-4-3-7-13(10)2/h10,14H,3-9H2,1-2H3/t10-/m0/s1. The summed E-state index contributed by atoms with van der Waals surface area (Å²) in [5, 5.41) is 10.6. The van der Waals surface area contributed by atoms with Gasteiger partial charge in [0, 0.05) is 19.1 Å². The first-order valence-electron chi connectivity index (χ1n) is 5.73. The van der Waals surface area contributed by atoms with Crippen LogP contribution in [0.1, 0.15) is 25.7 Å². The van der Waals surface area contributed by atoms with Crippen molar-refractivity contribution in [2.75, 3.05) is 33.7 Å². The van der Waals surface area contributed by atoms with Crippen molar-refractivity contribution >= 4 is 0 Å². The third-order valence-corrected chi connectivity index (χ3v) is 3.99. The van der Waals surface area contributed by atoms with Crippen LogP contribution < -0.4 is 0 Å². The molecule has 0 amide bonds. The molecule has 0 aromatic rings. The van der Waals surface area contributed by atoms with Gasteiger partial charge in [-0.2, -0.15) is 0 Å². The summed E-state index contributed by atoms with van der Waals surface area (Å²) in [7, 11) is 4.28. The second kappa shape index (κ2) is 3.80. The molecule has 2 heterocycles. The molecule has 0 bridgehead atoms. The second-order valence-corrected chi connectivity index (χ2v) is 5.05. The van der Waals surface area contributed by atoms with E-state index in [1.54, 1.807) is 0 Å². The Labute approximate surface area is 86.7 Å². The van der Waals surface area contributed by atoms with Crippen LogP contribution in [0.2, 0.25) is 0 Å². The van der Waals surface area contributed by atoms with Gasteiger partial charge in [-0.3, -0.25) is 0 Å². The van der Waals surface area contributed by atoms with E-state index in [2.05, 4.69) is 23.9 Å². The average molecular weight is 198 g/mol. The Bertz CT molecular complexity index is 199. The summed E-state index contributed by atoms with van der Waals surface area (Å²) in [6.45, 7) is 3.24. The van der Waals surface area contributed by atoms with Crippen molar-refractivity contribution in [2.24, 2.45) is 0 Å². The van der Waals surface area contributed by atoms with Gasteiger partial charge in [0.05, 0.1) is 5.60 Å². The zero-order valence-electron chi connectivity index (χ0n) is 9.37. The number of piperidine rings is 1. The Morgan fingerprint density at radius 1 is 1.14 bits per heavy atom. The van der Waals surface area contributed by atoms with Crippen molar-refractivity contribution in [1.29, 1.82) is 0 Å². The Hall–Kier alpha value is -0.120. The maximum absolute atomic E-state index is 10.6. The Morgan fingerprint density at radius 2 is 1.79 bits per heavy atom. The predicted octanol–water partition coefficient (Wildman–Crippen LogP) is 0.537. The highest BCUT2D eigenvalue weighted by Gasteiger charge is 2.42. The molecule has 0 spiro atoms. The molecule has 2 aliphatic rings. The first-order valence-corrected chi connectivity index (χ1v) is 5.73. The molecule has 0 aromatic carbocycles. The SMILES string of the molecule is CN1CCC(O)([C@@H]2CCCN2C)CC1. The molecule has 0 radical (unpaired) electrons. The minimum absolute atomic E-state index is 0.405. The van der Waals surface area contributed by atoms with Crippen molar-refractivity contribution in [3.63, 3.8) is 0 Å². The van der Waals surface area contributed by atoms with E-state index < -0.39 is 5.60 Å². The van der Waals surface area contributed by atoms with Gasteiger partial charge in [0.15, 0.2) is 0 Å². The molecule has 1 atom stereocenters. The molecule has 0 unspecified atom stereocenters. The summed E-state index contributed by atoms with van der Waals surface area (Å²) in [5.41, 5.74) is -0.405. The molecule has 2 saturated heterocycles. The maximum atomic E-state index is 10.6. The fraction of sp³-hybridized carbons (Fsp3) is 1.00. The van der Waals surface area contributed by atoms with Crippen LogP contribution in [0, 0.1) is 0 Å². The van der Waals surface area contributed by atoms with Crippen molar-refractivity contribution in [2.45, 2.75) is 37.3 Å². The van der Waals surface area contributed by atoms with Crippen molar-refractivity contribution < 1.29 is 5.11 Å². The summed E-state index contributed by atoms with van der Waals surface area (Å²) in [4.78, 5) is 4.65. The molecule has 3 nitrogen and oxygen atoms in total. The molecule has 82 valence electrons. The topological polar surface area (TPSA) is 26.7 Å². The number of likely N-dealkylation sites (N-methyl/N-ethyl adjacent to an activating group) is 1. The van der Waals surface area contributed by atoms with E-state index in [1.807, 2.05) is 0 Å². The lowest BCUT2D eigenvalue weighted by Crippen LogP contribution is -2.54. The first-order chi connectivity index (χ1) is 6.62. The van der Waals surface area contributed by atoms with Gasteiger partial charge in [0.1, 0.15) is 0 Å². The zero-order valence-corrected chi connectivity index (χ0v) is 9.37. The summed E-state index contributed by atoms with van der Waals surface area (Å²) in [6, 6.07) is 0.413. The van der Waals surface area contributed by atoms with Crippen LogP contribution in [0.5, 0.6) is 0 Å². The molecule has 2 rings (SSSR count). The van der Waals surface area contributed by atoms with E-state index in [4.69, 9.17) is 0 Å². The molecule has 0 saturated carbocycles. The average Bonchev–Trinajstić information content (AvgIpc) is 2.58. The van der Waals surface area contributed by atoms with E-state index in [9.17, 15) is 5.11 Å². The number of aliphatic hydroxyl groups is 1. The van der Waals surface area contributed by atoms with Crippen LogP contribution in [0.3, 0.4) is 0 Å². The largest absolute Gasteiger partial charge is 0.388 e. The highest BCUT2D eigenvalue weighted by atomic mass is 16.3.